The standard InChI is InChI=1S/C32H50N2O3/c1-3-4-5-13-18-26(31(32(36)37)27-20-15-12-16-21-27)19-14-10-8-6-7-9-11-17-22-30(35)34-25-28-23-29(34)24-33(28)2/h10,12,14-16,20-21,26,28-29,31H,3-9,11,13,17-19,22-25H2,1-2H3,(H,36,37). The summed E-state index contributed by atoms with van der Waals surface area (Å²) < 4.78 is 0. The van der Waals surface area contributed by atoms with Gasteiger partial charge in [-0.3, -0.25) is 14.5 Å². The van der Waals surface area contributed by atoms with Crippen molar-refractivity contribution in [3.63, 3.8) is 0 Å². The lowest BCUT2D eigenvalue weighted by molar-refractivity contribution is -0.140. The number of piperazine rings is 1. The summed E-state index contributed by atoms with van der Waals surface area (Å²) in [6.45, 7) is 4.19. The number of hydrogen-bond acceptors (Lipinski definition) is 3. The Hall–Kier alpha value is -2.14. The van der Waals surface area contributed by atoms with Gasteiger partial charge in [0.15, 0.2) is 0 Å². The van der Waals surface area contributed by atoms with Crippen LogP contribution in [0.1, 0.15) is 108 Å². The Labute approximate surface area is 225 Å². The SMILES string of the molecule is CCCCCCC(CC=CCCCCCCCC(=O)N1CC2CC1CN2C)C(C(=O)O)c1ccccc1. The van der Waals surface area contributed by atoms with Crippen LogP contribution in [0.25, 0.3) is 0 Å². The Bertz CT molecular complexity index is 838. The number of unbranched alkanes of at least 4 members (excludes halogenated alkanes) is 8. The van der Waals surface area contributed by atoms with Gasteiger partial charge in [-0.15, -0.1) is 0 Å². The number of aliphatic carboxylic acids is 1. The molecule has 2 saturated heterocycles. The first kappa shape index (κ1) is 29.4. The molecule has 0 saturated carbocycles. The predicted molar refractivity (Wildman–Crippen MR) is 152 cm³/mol. The first-order valence-corrected chi connectivity index (χ1v) is 14.9. The van der Waals surface area contributed by atoms with Crippen molar-refractivity contribution in [2.24, 2.45) is 5.92 Å². The van der Waals surface area contributed by atoms with Crippen LogP contribution in [0.2, 0.25) is 0 Å². The third-order valence-electron chi connectivity index (χ3n) is 8.53. The molecule has 5 nitrogen and oxygen atoms in total. The number of carbonyl (C=O) groups excluding carboxylic acids is 1. The first-order chi connectivity index (χ1) is 18.0. The average Bonchev–Trinajstić information content (AvgIpc) is 3.47. The summed E-state index contributed by atoms with van der Waals surface area (Å²) in [4.78, 5) is 29.3. The van der Waals surface area contributed by atoms with E-state index in [2.05, 4.69) is 35.9 Å². The van der Waals surface area contributed by atoms with Gasteiger partial charge < -0.3 is 10.0 Å². The molecule has 2 aliphatic heterocycles. The summed E-state index contributed by atoms with van der Waals surface area (Å²) >= 11 is 0. The molecular formula is C32H50N2O3. The summed E-state index contributed by atoms with van der Waals surface area (Å²) in [5, 5.41) is 10.0. The molecule has 1 aromatic carbocycles. The maximum Gasteiger partial charge on any atom is 0.311 e. The summed E-state index contributed by atoms with van der Waals surface area (Å²) in [7, 11) is 2.17. The third-order valence-corrected chi connectivity index (χ3v) is 8.53. The highest BCUT2D eigenvalue weighted by atomic mass is 16.4. The van der Waals surface area contributed by atoms with Gasteiger partial charge in [0.25, 0.3) is 0 Å². The van der Waals surface area contributed by atoms with E-state index < -0.39 is 11.9 Å². The fourth-order valence-electron chi connectivity index (χ4n) is 6.30. The molecule has 2 fully saturated rings. The number of likely N-dealkylation sites (tertiary alicyclic amines) is 2. The molecule has 1 amide bonds. The number of carboxylic acid groups (broad SMARTS) is 1. The van der Waals surface area contributed by atoms with Crippen molar-refractivity contribution in [1.82, 2.24) is 9.80 Å². The molecule has 1 N–H and O–H groups in total. The minimum absolute atomic E-state index is 0.136. The van der Waals surface area contributed by atoms with Gasteiger partial charge in [0.2, 0.25) is 5.91 Å². The van der Waals surface area contributed by atoms with Crippen LogP contribution < -0.4 is 0 Å². The predicted octanol–water partition coefficient (Wildman–Crippen LogP) is 7.03. The summed E-state index contributed by atoms with van der Waals surface area (Å²) in [6, 6.07) is 10.8. The topological polar surface area (TPSA) is 60.9 Å². The highest BCUT2D eigenvalue weighted by molar-refractivity contribution is 5.77. The van der Waals surface area contributed by atoms with E-state index in [9.17, 15) is 14.7 Å². The number of benzene rings is 1. The number of rotatable bonds is 18. The second kappa shape index (κ2) is 16.0. The summed E-state index contributed by atoms with van der Waals surface area (Å²) in [6.07, 6.45) is 19.6. The molecule has 4 unspecified atom stereocenters. The van der Waals surface area contributed by atoms with E-state index in [1.54, 1.807) is 0 Å². The summed E-state index contributed by atoms with van der Waals surface area (Å²) in [5.74, 6) is -0.644. The minimum Gasteiger partial charge on any atom is -0.481 e. The summed E-state index contributed by atoms with van der Waals surface area (Å²) in [5.41, 5.74) is 0.923. The van der Waals surface area contributed by atoms with E-state index in [4.69, 9.17) is 0 Å². The maximum atomic E-state index is 12.5. The second-order valence-electron chi connectivity index (χ2n) is 11.4. The van der Waals surface area contributed by atoms with Gasteiger partial charge in [-0.05, 0) is 57.1 Å². The van der Waals surface area contributed by atoms with Crippen LogP contribution in [0, 0.1) is 5.92 Å². The van der Waals surface area contributed by atoms with Crippen molar-refractivity contribution in [2.45, 2.75) is 115 Å². The van der Waals surface area contributed by atoms with Gasteiger partial charge in [-0.2, -0.15) is 0 Å². The van der Waals surface area contributed by atoms with E-state index in [1.807, 2.05) is 30.3 Å². The third kappa shape index (κ3) is 9.28. The number of hydrogen-bond donors (Lipinski definition) is 1. The molecule has 5 heteroatoms. The zero-order chi connectivity index (χ0) is 26.5. The Morgan fingerprint density at radius 3 is 2.35 bits per heavy atom. The first-order valence-electron chi connectivity index (χ1n) is 14.9. The fraction of sp³-hybridized carbons (Fsp3) is 0.688. The van der Waals surface area contributed by atoms with E-state index in [0.717, 1.165) is 63.6 Å². The molecule has 37 heavy (non-hydrogen) atoms. The van der Waals surface area contributed by atoms with Crippen molar-refractivity contribution < 1.29 is 14.7 Å². The highest BCUT2D eigenvalue weighted by Crippen LogP contribution is 2.33. The van der Waals surface area contributed by atoms with E-state index >= 15 is 0 Å². The molecule has 0 radical (unpaired) electrons. The molecule has 2 bridgehead atoms. The number of carbonyl (C=O) groups is 2. The van der Waals surface area contributed by atoms with Crippen LogP contribution in [0.4, 0.5) is 0 Å². The molecule has 0 aliphatic carbocycles. The van der Waals surface area contributed by atoms with Gasteiger partial charge in [-0.1, -0.05) is 94.4 Å². The molecule has 206 valence electrons. The van der Waals surface area contributed by atoms with Crippen LogP contribution >= 0.6 is 0 Å². The quantitative estimate of drug-likeness (QED) is 0.170. The largest absolute Gasteiger partial charge is 0.481 e. The molecule has 4 atom stereocenters. The number of carboxylic acids is 1. The fourth-order valence-corrected chi connectivity index (χ4v) is 6.30. The lowest BCUT2D eigenvalue weighted by Gasteiger charge is -2.32. The molecule has 0 aromatic heterocycles. The molecule has 2 heterocycles. The highest BCUT2D eigenvalue weighted by Gasteiger charge is 2.43. The zero-order valence-corrected chi connectivity index (χ0v) is 23.3. The van der Waals surface area contributed by atoms with Crippen molar-refractivity contribution in [1.29, 1.82) is 0 Å². The lowest BCUT2D eigenvalue weighted by Crippen LogP contribution is -2.47. The van der Waals surface area contributed by atoms with Crippen LogP contribution in [-0.4, -0.2) is 59.0 Å². The molecular weight excluding hydrogens is 460 g/mol. The number of amides is 1. The Balaban J connectivity index is 1.31. The van der Waals surface area contributed by atoms with Crippen LogP contribution in [0.5, 0.6) is 0 Å². The molecule has 3 rings (SSSR count). The Morgan fingerprint density at radius 1 is 0.946 bits per heavy atom. The number of fused-ring (bicyclic) bond motifs is 2. The van der Waals surface area contributed by atoms with Crippen molar-refractivity contribution in [3.05, 3.63) is 48.0 Å². The van der Waals surface area contributed by atoms with Crippen molar-refractivity contribution in [2.75, 3.05) is 20.1 Å². The zero-order valence-electron chi connectivity index (χ0n) is 23.3. The Kier molecular flexibility index (Phi) is 12.7. The average molecular weight is 511 g/mol. The van der Waals surface area contributed by atoms with E-state index in [1.165, 1.54) is 38.5 Å². The van der Waals surface area contributed by atoms with Crippen LogP contribution in [-0.2, 0) is 9.59 Å². The van der Waals surface area contributed by atoms with Gasteiger partial charge in [-0.25, -0.2) is 0 Å². The van der Waals surface area contributed by atoms with Gasteiger partial charge in [0.05, 0.1) is 5.92 Å². The van der Waals surface area contributed by atoms with Crippen molar-refractivity contribution in [3.8, 4) is 0 Å². The number of likely N-dealkylation sites (N-methyl/N-ethyl adjacent to an activating group) is 1. The number of nitrogens with zero attached hydrogens (tertiary/aromatic N) is 2. The normalized spacial score (nSPS) is 21.1. The minimum atomic E-state index is -0.705. The smallest absolute Gasteiger partial charge is 0.311 e. The monoisotopic (exact) mass is 510 g/mol. The van der Waals surface area contributed by atoms with E-state index in [-0.39, 0.29) is 5.92 Å². The van der Waals surface area contributed by atoms with E-state index in [0.29, 0.717) is 24.4 Å². The van der Waals surface area contributed by atoms with Gasteiger partial charge in [0, 0.05) is 31.6 Å². The molecule has 1 aromatic rings. The van der Waals surface area contributed by atoms with Crippen LogP contribution in [0.3, 0.4) is 0 Å². The van der Waals surface area contributed by atoms with Gasteiger partial charge in [0.1, 0.15) is 0 Å². The second-order valence-corrected chi connectivity index (χ2v) is 11.4. The Morgan fingerprint density at radius 2 is 1.68 bits per heavy atom. The van der Waals surface area contributed by atoms with Gasteiger partial charge >= 0.3 is 5.97 Å². The number of allylic oxidation sites excluding steroid dienone is 2. The van der Waals surface area contributed by atoms with Crippen molar-refractivity contribution >= 4 is 11.9 Å². The molecule has 2 aliphatic rings. The van der Waals surface area contributed by atoms with Crippen LogP contribution in [0.15, 0.2) is 42.5 Å². The molecule has 0 spiro atoms. The maximum absolute atomic E-state index is 12.5. The lowest BCUT2D eigenvalue weighted by atomic mass is 9.80.